The van der Waals surface area contributed by atoms with Crippen molar-refractivity contribution in [1.82, 2.24) is 10.2 Å². The van der Waals surface area contributed by atoms with Crippen molar-refractivity contribution in [2.75, 3.05) is 20.2 Å². The molecule has 0 unspecified atom stereocenters. The zero-order valence-electron chi connectivity index (χ0n) is 9.90. The van der Waals surface area contributed by atoms with E-state index in [9.17, 15) is 9.59 Å². The molecule has 0 aliphatic carbocycles. The van der Waals surface area contributed by atoms with Crippen molar-refractivity contribution in [1.29, 1.82) is 0 Å². The lowest BCUT2D eigenvalue weighted by Crippen LogP contribution is -2.51. The summed E-state index contributed by atoms with van der Waals surface area (Å²) in [5.74, 6) is 0.380. The molecule has 0 bridgehead atoms. The molecule has 0 aromatic heterocycles. The third-order valence-corrected chi connectivity index (χ3v) is 2.96. The fourth-order valence-electron chi connectivity index (χ4n) is 1.82. The minimum absolute atomic E-state index is 0.0434. The number of rotatable bonds is 3. The van der Waals surface area contributed by atoms with Crippen molar-refractivity contribution in [2.45, 2.75) is 6.54 Å². The molecule has 0 atom stereocenters. The summed E-state index contributed by atoms with van der Waals surface area (Å²) >= 11 is 5.92. The van der Waals surface area contributed by atoms with Gasteiger partial charge in [-0.2, -0.15) is 0 Å². The van der Waals surface area contributed by atoms with Crippen molar-refractivity contribution in [3.05, 3.63) is 28.8 Å². The van der Waals surface area contributed by atoms with E-state index >= 15 is 0 Å². The van der Waals surface area contributed by atoms with Gasteiger partial charge in [-0.25, -0.2) is 0 Å². The minimum atomic E-state index is -0.157. The van der Waals surface area contributed by atoms with Gasteiger partial charge in [-0.15, -0.1) is 0 Å². The van der Waals surface area contributed by atoms with Gasteiger partial charge in [-0.3, -0.25) is 9.59 Å². The normalized spacial score (nSPS) is 15.6. The van der Waals surface area contributed by atoms with E-state index < -0.39 is 0 Å². The van der Waals surface area contributed by atoms with Crippen molar-refractivity contribution in [3.63, 3.8) is 0 Å². The van der Waals surface area contributed by atoms with Gasteiger partial charge in [-0.1, -0.05) is 11.6 Å². The van der Waals surface area contributed by atoms with E-state index in [1.165, 1.54) is 4.90 Å². The number of nitrogens with one attached hydrogen (secondary N) is 1. The summed E-state index contributed by atoms with van der Waals surface area (Å²) in [5.41, 5.74) is 0.785. The Kier molecular flexibility index (Phi) is 3.72. The average Bonchev–Trinajstić information content (AvgIpc) is 2.34. The molecule has 1 N–H and O–H groups in total. The van der Waals surface area contributed by atoms with Gasteiger partial charge in [0, 0.05) is 17.1 Å². The van der Waals surface area contributed by atoms with Crippen LogP contribution in [0.3, 0.4) is 0 Å². The first-order valence-electron chi connectivity index (χ1n) is 5.47. The summed E-state index contributed by atoms with van der Waals surface area (Å²) in [6, 6.07) is 5.20. The summed E-state index contributed by atoms with van der Waals surface area (Å²) in [6.45, 7) is 0.423. The zero-order chi connectivity index (χ0) is 13.1. The Labute approximate surface area is 110 Å². The molecule has 1 aromatic rings. The first-order valence-corrected chi connectivity index (χ1v) is 5.85. The molecular formula is C12H13ClN2O3. The van der Waals surface area contributed by atoms with Gasteiger partial charge >= 0.3 is 0 Å². The second-order valence-electron chi connectivity index (χ2n) is 3.98. The second kappa shape index (κ2) is 5.27. The highest BCUT2D eigenvalue weighted by atomic mass is 35.5. The lowest BCUT2D eigenvalue weighted by molar-refractivity contribution is -0.141. The van der Waals surface area contributed by atoms with Gasteiger partial charge in [0.05, 0.1) is 20.2 Å². The molecule has 1 aliphatic heterocycles. The second-order valence-corrected chi connectivity index (χ2v) is 4.42. The number of halogens is 1. The monoisotopic (exact) mass is 268 g/mol. The van der Waals surface area contributed by atoms with Crippen LogP contribution in [0, 0.1) is 0 Å². The fraction of sp³-hybridized carbons (Fsp3) is 0.333. The molecule has 2 amide bonds. The van der Waals surface area contributed by atoms with Crippen LogP contribution in [0.5, 0.6) is 5.75 Å². The highest BCUT2D eigenvalue weighted by molar-refractivity contribution is 6.30. The van der Waals surface area contributed by atoms with Crippen molar-refractivity contribution in [3.8, 4) is 5.75 Å². The van der Waals surface area contributed by atoms with Gasteiger partial charge in [0.15, 0.2) is 0 Å². The number of hydrogen-bond acceptors (Lipinski definition) is 3. The van der Waals surface area contributed by atoms with Crippen LogP contribution in [0.1, 0.15) is 5.56 Å². The topological polar surface area (TPSA) is 58.6 Å². The smallest absolute Gasteiger partial charge is 0.242 e. The van der Waals surface area contributed by atoms with Crippen LogP contribution in [0.25, 0.3) is 0 Å². The third kappa shape index (κ3) is 2.73. The van der Waals surface area contributed by atoms with Crippen LogP contribution < -0.4 is 10.1 Å². The van der Waals surface area contributed by atoms with Crippen molar-refractivity contribution < 1.29 is 14.3 Å². The van der Waals surface area contributed by atoms with Gasteiger partial charge in [0.1, 0.15) is 5.75 Å². The van der Waals surface area contributed by atoms with Crippen LogP contribution >= 0.6 is 11.6 Å². The van der Waals surface area contributed by atoms with E-state index in [4.69, 9.17) is 16.3 Å². The molecule has 5 nitrogen and oxygen atoms in total. The fourth-order valence-corrected chi connectivity index (χ4v) is 2.02. The van der Waals surface area contributed by atoms with Crippen molar-refractivity contribution in [2.24, 2.45) is 0 Å². The summed E-state index contributed by atoms with van der Waals surface area (Å²) in [4.78, 5) is 24.4. The summed E-state index contributed by atoms with van der Waals surface area (Å²) in [6.07, 6.45) is 0. The number of hydrogen-bond donors (Lipinski definition) is 1. The van der Waals surface area contributed by atoms with Gasteiger partial charge in [0.25, 0.3) is 0 Å². The number of nitrogens with zero attached hydrogens (tertiary/aromatic N) is 1. The molecule has 0 spiro atoms. The Morgan fingerprint density at radius 1 is 1.44 bits per heavy atom. The first-order chi connectivity index (χ1) is 8.60. The van der Waals surface area contributed by atoms with E-state index in [0.29, 0.717) is 17.3 Å². The molecule has 18 heavy (non-hydrogen) atoms. The minimum Gasteiger partial charge on any atom is -0.496 e. The number of amides is 2. The van der Waals surface area contributed by atoms with E-state index in [1.54, 1.807) is 25.3 Å². The Balaban J connectivity index is 2.19. The molecule has 1 fully saturated rings. The predicted molar refractivity (Wildman–Crippen MR) is 66.4 cm³/mol. The van der Waals surface area contributed by atoms with Gasteiger partial charge < -0.3 is 15.0 Å². The Morgan fingerprint density at radius 2 is 2.22 bits per heavy atom. The van der Waals surface area contributed by atoms with Crippen molar-refractivity contribution >= 4 is 23.4 Å². The number of ether oxygens (including phenoxy) is 1. The van der Waals surface area contributed by atoms with Crippen LogP contribution in [0.2, 0.25) is 5.02 Å². The highest BCUT2D eigenvalue weighted by Crippen LogP contribution is 2.24. The third-order valence-electron chi connectivity index (χ3n) is 2.73. The number of carbonyl (C=O) groups excluding carboxylic acids is 2. The molecule has 1 saturated heterocycles. The molecule has 2 rings (SSSR count). The maximum Gasteiger partial charge on any atom is 0.242 e. The average molecular weight is 269 g/mol. The largest absolute Gasteiger partial charge is 0.496 e. The van der Waals surface area contributed by atoms with Gasteiger partial charge in [-0.05, 0) is 18.2 Å². The standard InChI is InChI=1S/C12H13ClN2O3/c1-18-10-3-2-9(13)4-8(10)6-15-7-11(16)14-5-12(15)17/h2-4H,5-7H2,1H3,(H,14,16). The SMILES string of the molecule is COc1ccc(Cl)cc1CN1CC(=O)NCC1=O. The predicted octanol–water partition coefficient (Wildman–Crippen LogP) is 0.807. The molecular weight excluding hydrogens is 256 g/mol. The number of carbonyl (C=O) groups is 2. The lowest BCUT2D eigenvalue weighted by Gasteiger charge is -2.27. The van der Waals surface area contributed by atoms with E-state index in [-0.39, 0.29) is 24.9 Å². The molecule has 0 saturated carbocycles. The quantitative estimate of drug-likeness (QED) is 0.882. The number of benzene rings is 1. The number of methoxy groups -OCH3 is 1. The number of piperazine rings is 1. The summed E-state index contributed by atoms with van der Waals surface area (Å²) in [7, 11) is 1.55. The van der Waals surface area contributed by atoms with Crippen LogP contribution in [-0.2, 0) is 16.1 Å². The van der Waals surface area contributed by atoms with Crippen LogP contribution in [0.15, 0.2) is 18.2 Å². The molecule has 1 aliphatic rings. The van der Waals surface area contributed by atoms with Crippen LogP contribution in [-0.4, -0.2) is 36.9 Å². The molecule has 0 radical (unpaired) electrons. The van der Waals surface area contributed by atoms with Crippen LogP contribution in [0.4, 0.5) is 0 Å². The summed E-state index contributed by atoms with van der Waals surface area (Å²) < 4.78 is 5.21. The molecule has 96 valence electrons. The summed E-state index contributed by atoms with van der Waals surface area (Å²) in [5, 5.41) is 3.07. The molecule has 6 heteroatoms. The first kappa shape index (κ1) is 12.7. The molecule has 1 aromatic carbocycles. The molecule has 1 heterocycles. The Hall–Kier alpha value is -1.75. The maximum atomic E-state index is 11.7. The van der Waals surface area contributed by atoms with Gasteiger partial charge in [0.2, 0.25) is 11.8 Å². The lowest BCUT2D eigenvalue weighted by atomic mass is 10.1. The highest BCUT2D eigenvalue weighted by Gasteiger charge is 2.23. The van der Waals surface area contributed by atoms with E-state index in [0.717, 1.165) is 5.56 Å². The maximum absolute atomic E-state index is 11.7. The van der Waals surface area contributed by atoms with E-state index in [1.807, 2.05) is 0 Å². The zero-order valence-corrected chi connectivity index (χ0v) is 10.7. The van der Waals surface area contributed by atoms with E-state index in [2.05, 4.69) is 5.32 Å². The Bertz CT molecular complexity index is 490. The Morgan fingerprint density at radius 3 is 2.94 bits per heavy atom.